The molecular weight excluding hydrogens is 422 g/mol. The lowest BCUT2D eigenvalue weighted by Crippen LogP contribution is -2.27. The van der Waals surface area contributed by atoms with Gasteiger partial charge in [0, 0.05) is 17.3 Å². The number of nitrogens with one attached hydrogen (secondary N) is 1. The summed E-state index contributed by atoms with van der Waals surface area (Å²) in [4.78, 5) is 35.0. The molecule has 0 saturated carbocycles. The minimum absolute atomic E-state index is 0.0311. The first kappa shape index (κ1) is 21.4. The van der Waals surface area contributed by atoms with Crippen LogP contribution in [0.4, 0.5) is 14.6 Å². The minimum Gasteiger partial charge on any atom is -0.487 e. The number of halogens is 2. The number of carbonyl (C=O) groups is 2. The van der Waals surface area contributed by atoms with Gasteiger partial charge in [-0.1, -0.05) is 12.1 Å². The quantitative estimate of drug-likeness (QED) is 0.594. The van der Waals surface area contributed by atoms with E-state index in [9.17, 15) is 18.4 Å². The van der Waals surface area contributed by atoms with E-state index in [2.05, 4.69) is 15.3 Å². The summed E-state index contributed by atoms with van der Waals surface area (Å²) in [6.45, 7) is 3.21. The molecule has 166 valence electrons. The zero-order chi connectivity index (χ0) is 22.8. The van der Waals surface area contributed by atoms with E-state index in [1.54, 1.807) is 30.0 Å². The van der Waals surface area contributed by atoms with Crippen molar-refractivity contribution in [2.45, 2.75) is 32.9 Å². The summed E-state index contributed by atoms with van der Waals surface area (Å²) in [6.07, 6.45) is 1.34. The van der Waals surface area contributed by atoms with Gasteiger partial charge in [0.2, 0.25) is 5.76 Å². The Balaban J connectivity index is 1.53. The number of carbonyl (C=O) groups excluding carboxylic acids is 2. The lowest BCUT2D eigenvalue weighted by Gasteiger charge is -2.25. The summed E-state index contributed by atoms with van der Waals surface area (Å²) < 4.78 is 35.0. The number of pyridine rings is 1. The highest BCUT2D eigenvalue weighted by Crippen LogP contribution is 2.35. The number of aryl methyl sites for hydroxylation is 1. The fraction of sp³-hybridized carbons (Fsp3) is 0.273. The molecule has 0 aliphatic carbocycles. The van der Waals surface area contributed by atoms with Gasteiger partial charge in [-0.25, -0.2) is 18.7 Å². The van der Waals surface area contributed by atoms with Crippen molar-refractivity contribution in [2.75, 3.05) is 11.9 Å². The van der Waals surface area contributed by atoms with Crippen molar-refractivity contribution in [3.8, 4) is 5.75 Å². The van der Waals surface area contributed by atoms with Crippen LogP contribution in [-0.4, -0.2) is 39.7 Å². The third-order valence-electron chi connectivity index (χ3n) is 5.28. The van der Waals surface area contributed by atoms with E-state index < -0.39 is 18.9 Å². The predicted octanol–water partition coefficient (Wildman–Crippen LogP) is 3.99. The maximum Gasteiger partial charge on any atom is 0.294 e. The van der Waals surface area contributed by atoms with Crippen molar-refractivity contribution in [2.24, 2.45) is 0 Å². The van der Waals surface area contributed by atoms with Crippen LogP contribution in [0.25, 0.3) is 0 Å². The molecular formula is C22H20F2N4O4. The van der Waals surface area contributed by atoms with Gasteiger partial charge in [0.1, 0.15) is 18.2 Å². The van der Waals surface area contributed by atoms with E-state index in [0.29, 0.717) is 22.4 Å². The Bertz CT molecular complexity index is 1150. The van der Waals surface area contributed by atoms with Gasteiger partial charge < -0.3 is 19.4 Å². The lowest BCUT2D eigenvalue weighted by molar-refractivity contribution is 0.0714. The Kier molecular flexibility index (Phi) is 5.85. The molecule has 0 saturated heterocycles. The number of benzene rings is 1. The summed E-state index contributed by atoms with van der Waals surface area (Å²) in [6, 6.07) is 6.49. The highest BCUT2D eigenvalue weighted by Gasteiger charge is 2.34. The molecule has 3 heterocycles. The monoisotopic (exact) mass is 442 g/mol. The second-order valence-electron chi connectivity index (χ2n) is 7.34. The molecule has 0 bridgehead atoms. The third kappa shape index (κ3) is 4.16. The number of aromatic nitrogens is 2. The average molecular weight is 442 g/mol. The van der Waals surface area contributed by atoms with Crippen LogP contribution in [0.15, 0.2) is 47.5 Å². The Hall–Kier alpha value is -3.82. The molecule has 1 aliphatic heterocycles. The Labute approximate surface area is 182 Å². The van der Waals surface area contributed by atoms with E-state index in [1.165, 1.54) is 12.4 Å². The van der Waals surface area contributed by atoms with E-state index >= 15 is 0 Å². The fourth-order valence-electron chi connectivity index (χ4n) is 3.59. The fourth-order valence-corrected chi connectivity index (χ4v) is 3.59. The van der Waals surface area contributed by atoms with Crippen molar-refractivity contribution < 1.29 is 27.5 Å². The van der Waals surface area contributed by atoms with Gasteiger partial charge in [-0.3, -0.25) is 9.59 Å². The molecule has 1 aliphatic rings. The normalized spacial score (nSPS) is 13.9. The largest absolute Gasteiger partial charge is 0.487 e. The van der Waals surface area contributed by atoms with Crippen LogP contribution in [-0.2, 0) is 6.54 Å². The number of hydrogen-bond donors (Lipinski definition) is 1. The number of fused-ring (bicyclic) bond motifs is 1. The number of alkyl halides is 2. The van der Waals surface area contributed by atoms with Crippen LogP contribution in [0.3, 0.4) is 0 Å². The van der Waals surface area contributed by atoms with Gasteiger partial charge in [-0.05, 0) is 37.1 Å². The van der Waals surface area contributed by atoms with Crippen molar-refractivity contribution >= 4 is 17.6 Å². The summed E-state index contributed by atoms with van der Waals surface area (Å²) >= 11 is 0. The van der Waals surface area contributed by atoms with Gasteiger partial charge in [0.25, 0.3) is 18.2 Å². The van der Waals surface area contributed by atoms with Gasteiger partial charge >= 0.3 is 0 Å². The van der Waals surface area contributed by atoms with Crippen molar-refractivity contribution in [3.63, 3.8) is 0 Å². The van der Waals surface area contributed by atoms with Crippen LogP contribution in [0.2, 0.25) is 0 Å². The second-order valence-corrected chi connectivity index (χ2v) is 7.34. The number of rotatable bonds is 7. The number of hydrogen-bond acceptors (Lipinski definition) is 6. The summed E-state index contributed by atoms with van der Waals surface area (Å²) in [5.41, 5.74) is 2.58. The molecule has 0 spiro atoms. The van der Waals surface area contributed by atoms with Gasteiger partial charge in [-0.2, -0.15) is 0 Å². The molecule has 2 amide bonds. The first-order valence-corrected chi connectivity index (χ1v) is 9.85. The SMILES string of the molecule is Cc1cc(C(C)N2Cc3c(ccnc3NC(=O)c3cnco3)C2=O)ccc1OCC(F)F. The van der Waals surface area contributed by atoms with Crippen LogP contribution in [0.5, 0.6) is 5.75 Å². The highest BCUT2D eigenvalue weighted by atomic mass is 19.3. The number of oxazole rings is 1. The maximum atomic E-state index is 13.1. The molecule has 8 nitrogen and oxygen atoms in total. The third-order valence-corrected chi connectivity index (χ3v) is 5.28. The van der Waals surface area contributed by atoms with E-state index in [-0.39, 0.29) is 30.1 Å². The number of nitrogens with zero attached hydrogens (tertiary/aromatic N) is 3. The first-order chi connectivity index (χ1) is 15.3. The molecule has 0 radical (unpaired) electrons. The molecule has 1 N–H and O–H groups in total. The van der Waals surface area contributed by atoms with E-state index in [4.69, 9.17) is 9.15 Å². The van der Waals surface area contributed by atoms with Crippen molar-refractivity contribution in [1.82, 2.24) is 14.9 Å². The molecule has 10 heteroatoms. The topological polar surface area (TPSA) is 97.6 Å². The highest BCUT2D eigenvalue weighted by molar-refractivity contribution is 6.05. The second kappa shape index (κ2) is 8.74. The predicted molar refractivity (Wildman–Crippen MR) is 110 cm³/mol. The number of anilines is 1. The standard InChI is InChI=1S/C22H20F2N4O4/c1-12-7-14(3-4-17(12)31-10-19(23)24)13(2)28-9-16-15(22(28)30)5-6-26-20(16)27-21(29)18-8-25-11-32-18/h3-8,11,13,19H,9-10H2,1-2H3,(H,26,27,29). The van der Waals surface area contributed by atoms with Gasteiger partial charge in [0.15, 0.2) is 6.39 Å². The van der Waals surface area contributed by atoms with Crippen LogP contribution in [0.1, 0.15) is 50.6 Å². The molecule has 4 rings (SSSR count). The zero-order valence-corrected chi connectivity index (χ0v) is 17.3. The van der Waals surface area contributed by atoms with E-state index in [1.807, 2.05) is 13.0 Å². The van der Waals surface area contributed by atoms with Gasteiger partial charge in [0.05, 0.1) is 18.8 Å². The molecule has 0 fully saturated rings. The zero-order valence-electron chi connectivity index (χ0n) is 17.3. The van der Waals surface area contributed by atoms with Crippen LogP contribution in [0, 0.1) is 6.92 Å². The van der Waals surface area contributed by atoms with Crippen molar-refractivity contribution in [1.29, 1.82) is 0 Å². The summed E-state index contributed by atoms with van der Waals surface area (Å²) in [5, 5.41) is 2.66. The van der Waals surface area contributed by atoms with Gasteiger partial charge in [-0.15, -0.1) is 0 Å². The molecule has 2 aromatic heterocycles. The molecule has 1 aromatic carbocycles. The smallest absolute Gasteiger partial charge is 0.294 e. The number of amides is 2. The molecule has 32 heavy (non-hydrogen) atoms. The number of ether oxygens (including phenoxy) is 1. The average Bonchev–Trinajstić information content (AvgIpc) is 3.42. The Morgan fingerprint density at radius 2 is 2.16 bits per heavy atom. The molecule has 1 atom stereocenters. The van der Waals surface area contributed by atoms with Crippen LogP contribution >= 0.6 is 0 Å². The Morgan fingerprint density at radius 3 is 2.84 bits per heavy atom. The molecule has 1 unspecified atom stereocenters. The lowest BCUT2D eigenvalue weighted by atomic mass is 10.0. The van der Waals surface area contributed by atoms with Crippen molar-refractivity contribution in [3.05, 3.63) is 71.1 Å². The minimum atomic E-state index is -2.55. The first-order valence-electron chi connectivity index (χ1n) is 9.85. The maximum absolute atomic E-state index is 13.1. The van der Waals surface area contributed by atoms with Crippen LogP contribution < -0.4 is 10.1 Å². The van der Waals surface area contributed by atoms with E-state index in [0.717, 1.165) is 12.0 Å². The summed E-state index contributed by atoms with van der Waals surface area (Å²) in [5.74, 6) is -0.0283. The summed E-state index contributed by atoms with van der Waals surface area (Å²) in [7, 11) is 0. The Morgan fingerprint density at radius 1 is 1.34 bits per heavy atom. The molecule has 3 aromatic rings.